The summed E-state index contributed by atoms with van der Waals surface area (Å²) in [6, 6.07) is 10.9. The molecule has 0 saturated carbocycles. The normalized spacial score (nSPS) is 11.1. The van der Waals surface area contributed by atoms with Gasteiger partial charge in [0.1, 0.15) is 19.0 Å². The molecule has 3 rings (SSSR count). The molecule has 6 nitrogen and oxygen atoms in total. The van der Waals surface area contributed by atoms with Crippen molar-refractivity contribution in [3.8, 4) is 16.5 Å². The molecule has 0 unspecified atom stereocenters. The van der Waals surface area contributed by atoms with Gasteiger partial charge in [0.15, 0.2) is 0 Å². The second-order valence-electron chi connectivity index (χ2n) is 5.17. The van der Waals surface area contributed by atoms with Gasteiger partial charge in [-0.1, -0.05) is 17.7 Å². The fourth-order valence-corrected chi connectivity index (χ4v) is 2.82. The van der Waals surface area contributed by atoms with Crippen LogP contribution in [-0.2, 0) is 6.67 Å². The van der Waals surface area contributed by atoms with Crippen molar-refractivity contribution >= 4 is 22.9 Å². The van der Waals surface area contributed by atoms with Gasteiger partial charge in [0.25, 0.3) is 5.89 Å². The van der Waals surface area contributed by atoms with Crippen LogP contribution in [-0.4, -0.2) is 34.9 Å². The van der Waals surface area contributed by atoms with Crippen LogP contribution in [0.5, 0.6) is 5.75 Å². The van der Waals surface area contributed by atoms with Gasteiger partial charge < -0.3 is 9.15 Å². The van der Waals surface area contributed by atoms with Gasteiger partial charge in [-0.3, -0.25) is 4.90 Å². The third kappa shape index (κ3) is 4.25. The van der Waals surface area contributed by atoms with Gasteiger partial charge in [-0.2, -0.15) is 4.68 Å². The van der Waals surface area contributed by atoms with Gasteiger partial charge in [-0.15, -0.1) is 16.4 Å². The van der Waals surface area contributed by atoms with E-state index >= 15 is 0 Å². The van der Waals surface area contributed by atoms with E-state index in [1.54, 1.807) is 12.1 Å². The Morgan fingerprint density at radius 3 is 2.83 bits per heavy atom. The van der Waals surface area contributed by atoms with E-state index < -0.39 is 5.76 Å². The van der Waals surface area contributed by atoms with Gasteiger partial charge in [-0.05, 0) is 42.8 Å². The fourth-order valence-electron chi connectivity index (χ4n) is 2.04. The Hall–Kier alpha value is -2.09. The Morgan fingerprint density at radius 2 is 2.12 bits per heavy atom. The number of nitrogens with zero attached hydrogens (tertiary/aromatic N) is 3. The summed E-state index contributed by atoms with van der Waals surface area (Å²) in [6.07, 6.45) is 0. The Kier molecular flexibility index (Phi) is 5.34. The fraction of sp³-hybridized carbons (Fsp3) is 0.250. The van der Waals surface area contributed by atoms with Gasteiger partial charge in [0.2, 0.25) is 0 Å². The van der Waals surface area contributed by atoms with Crippen LogP contribution >= 0.6 is 22.9 Å². The summed E-state index contributed by atoms with van der Waals surface area (Å²) < 4.78 is 12.1. The summed E-state index contributed by atoms with van der Waals surface area (Å²) in [5.41, 5.74) is 0. The predicted octanol–water partition coefficient (Wildman–Crippen LogP) is 3.19. The summed E-state index contributed by atoms with van der Waals surface area (Å²) in [7, 11) is 1.89. The first-order valence-corrected chi connectivity index (χ1v) is 8.56. The molecular weight excluding hydrogens is 350 g/mol. The van der Waals surface area contributed by atoms with Gasteiger partial charge in [0.05, 0.1) is 4.88 Å². The minimum Gasteiger partial charge on any atom is -0.492 e. The first-order chi connectivity index (χ1) is 11.6. The van der Waals surface area contributed by atoms with E-state index in [1.165, 1.54) is 16.0 Å². The van der Waals surface area contributed by atoms with Crippen LogP contribution in [0.15, 0.2) is 51.0 Å². The second kappa shape index (κ2) is 7.65. The molecule has 126 valence electrons. The minimum absolute atomic E-state index is 0.331. The summed E-state index contributed by atoms with van der Waals surface area (Å²) in [6.45, 7) is 1.45. The van der Waals surface area contributed by atoms with Crippen molar-refractivity contribution in [2.24, 2.45) is 0 Å². The molecule has 0 aliphatic heterocycles. The molecule has 0 aliphatic carbocycles. The third-order valence-electron chi connectivity index (χ3n) is 3.27. The Morgan fingerprint density at radius 1 is 1.33 bits per heavy atom. The van der Waals surface area contributed by atoms with E-state index in [-0.39, 0.29) is 0 Å². The highest BCUT2D eigenvalue weighted by atomic mass is 35.5. The molecule has 24 heavy (non-hydrogen) atoms. The van der Waals surface area contributed by atoms with Crippen LogP contribution in [0.3, 0.4) is 0 Å². The summed E-state index contributed by atoms with van der Waals surface area (Å²) in [5, 5.41) is 6.80. The van der Waals surface area contributed by atoms with Crippen LogP contribution in [0.25, 0.3) is 10.8 Å². The topological polar surface area (TPSA) is 60.5 Å². The number of halogens is 1. The number of thiophene rings is 1. The van der Waals surface area contributed by atoms with Crippen LogP contribution in [0.4, 0.5) is 0 Å². The van der Waals surface area contributed by atoms with Crippen molar-refractivity contribution < 1.29 is 9.15 Å². The number of hydrogen-bond donors (Lipinski definition) is 0. The molecule has 0 N–H and O–H groups in total. The third-order valence-corrected chi connectivity index (χ3v) is 4.38. The van der Waals surface area contributed by atoms with Crippen molar-refractivity contribution in [1.29, 1.82) is 0 Å². The molecule has 0 radical (unpaired) electrons. The molecule has 2 heterocycles. The summed E-state index contributed by atoms with van der Waals surface area (Å²) in [5.74, 6) is 0.635. The number of aromatic nitrogens is 2. The Balaban J connectivity index is 1.52. The van der Waals surface area contributed by atoms with E-state index in [0.717, 1.165) is 10.6 Å². The average molecular weight is 366 g/mol. The number of hydrogen-bond acceptors (Lipinski definition) is 6. The zero-order valence-corrected chi connectivity index (χ0v) is 14.6. The smallest absolute Gasteiger partial charge is 0.438 e. The molecule has 0 atom stereocenters. The minimum atomic E-state index is -0.469. The maximum atomic E-state index is 11.9. The Bertz CT molecular complexity index is 827. The molecule has 0 spiro atoms. The number of rotatable bonds is 7. The maximum Gasteiger partial charge on any atom is 0.438 e. The summed E-state index contributed by atoms with van der Waals surface area (Å²) >= 11 is 7.31. The van der Waals surface area contributed by atoms with E-state index in [1.807, 2.05) is 41.6 Å². The highest BCUT2D eigenvalue weighted by Crippen LogP contribution is 2.21. The first-order valence-electron chi connectivity index (χ1n) is 7.30. The molecule has 3 aromatic rings. The SMILES string of the molecule is CN(CCOc1ccc(Cl)cc1)Cn1nc(-c2cccs2)oc1=O. The Labute approximate surface area is 147 Å². The molecular formula is C16H16ClN3O3S. The molecule has 0 saturated heterocycles. The maximum absolute atomic E-state index is 11.9. The lowest BCUT2D eigenvalue weighted by Crippen LogP contribution is -2.31. The predicted molar refractivity (Wildman–Crippen MR) is 93.7 cm³/mol. The average Bonchev–Trinajstić information content (AvgIpc) is 3.20. The van der Waals surface area contributed by atoms with Crippen molar-refractivity contribution in [1.82, 2.24) is 14.7 Å². The molecule has 0 amide bonds. The van der Waals surface area contributed by atoms with Crippen molar-refractivity contribution in [2.75, 3.05) is 20.2 Å². The largest absolute Gasteiger partial charge is 0.492 e. The van der Waals surface area contributed by atoms with Crippen LogP contribution in [0.1, 0.15) is 0 Å². The zero-order valence-electron chi connectivity index (χ0n) is 13.0. The number of benzene rings is 1. The van der Waals surface area contributed by atoms with E-state index in [2.05, 4.69) is 5.10 Å². The van der Waals surface area contributed by atoms with Gasteiger partial charge >= 0.3 is 5.76 Å². The van der Waals surface area contributed by atoms with Crippen LogP contribution in [0, 0.1) is 0 Å². The monoisotopic (exact) mass is 365 g/mol. The van der Waals surface area contributed by atoms with E-state index in [4.69, 9.17) is 20.8 Å². The molecule has 1 aromatic carbocycles. The lowest BCUT2D eigenvalue weighted by atomic mass is 10.3. The molecule has 0 fully saturated rings. The van der Waals surface area contributed by atoms with E-state index in [9.17, 15) is 4.79 Å². The molecule has 8 heteroatoms. The van der Waals surface area contributed by atoms with Crippen LogP contribution in [0.2, 0.25) is 5.02 Å². The van der Waals surface area contributed by atoms with Crippen LogP contribution < -0.4 is 10.5 Å². The standard InChI is InChI=1S/C16H16ClN3O3S/c1-19(8-9-22-13-6-4-12(17)5-7-13)11-20-16(21)23-15(18-20)14-3-2-10-24-14/h2-7,10H,8-9,11H2,1H3. The highest BCUT2D eigenvalue weighted by molar-refractivity contribution is 7.13. The second-order valence-corrected chi connectivity index (χ2v) is 6.56. The number of likely N-dealkylation sites (N-methyl/N-ethyl adjacent to an activating group) is 1. The quantitative estimate of drug-likeness (QED) is 0.643. The zero-order chi connectivity index (χ0) is 16.9. The molecule has 2 aromatic heterocycles. The molecule has 0 aliphatic rings. The van der Waals surface area contributed by atoms with Gasteiger partial charge in [0, 0.05) is 11.6 Å². The van der Waals surface area contributed by atoms with Crippen molar-refractivity contribution in [2.45, 2.75) is 6.67 Å². The summed E-state index contributed by atoms with van der Waals surface area (Å²) in [4.78, 5) is 14.6. The van der Waals surface area contributed by atoms with Crippen molar-refractivity contribution in [3.63, 3.8) is 0 Å². The van der Waals surface area contributed by atoms with Crippen molar-refractivity contribution in [3.05, 3.63) is 57.4 Å². The van der Waals surface area contributed by atoms with E-state index in [0.29, 0.717) is 30.7 Å². The van der Waals surface area contributed by atoms with Gasteiger partial charge in [-0.25, -0.2) is 4.79 Å². The number of ether oxygens (including phenoxy) is 1. The lowest BCUT2D eigenvalue weighted by molar-refractivity contribution is 0.194. The molecule has 0 bridgehead atoms. The highest BCUT2D eigenvalue weighted by Gasteiger charge is 2.12. The first kappa shape index (κ1) is 16.8. The lowest BCUT2D eigenvalue weighted by Gasteiger charge is -2.15.